The van der Waals surface area contributed by atoms with Crippen LogP contribution in [0.25, 0.3) is 0 Å². The standard InChI is InChI=1S/C17H19ClN2O2/c1-21-16-6-7-19-15(10-16)11-20-8-9-22-17(12-20)13-2-4-14(18)5-3-13/h2-7,10,17H,8-9,11-12H2,1H3/t17-/m1/s1. The Morgan fingerprint density at radius 2 is 2.14 bits per heavy atom. The summed E-state index contributed by atoms with van der Waals surface area (Å²) in [6, 6.07) is 11.7. The molecule has 0 spiro atoms. The van der Waals surface area contributed by atoms with Crippen LogP contribution in [-0.4, -0.2) is 36.7 Å². The average molecular weight is 319 g/mol. The Hall–Kier alpha value is -1.62. The van der Waals surface area contributed by atoms with Crippen molar-refractivity contribution < 1.29 is 9.47 Å². The van der Waals surface area contributed by atoms with Gasteiger partial charge in [-0.3, -0.25) is 9.88 Å². The van der Waals surface area contributed by atoms with Gasteiger partial charge in [-0.2, -0.15) is 0 Å². The third-order valence-electron chi connectivity index (χ3n) is 3.80. The molecule has 1 saturated heterocycles. The molecule has 3 rings (SSSR count). The van der Waals surface area contributed by atoms with Crippen molar-refractivity contribution in [1.29, 1.82) is 0 Å². The Labute approximate surface area is 135 Å². The second-order valence-electron chi connectivity index (χ2n) is 5.33. The van der Waals surface area contributed by atoms with Gasteiger partial charge in [0.25, 0.3) is 0 Å². The van der Waals surface area contributed by atoms with E-state index in [1.165, 1.54) is 0 Å². The molecule has 5 heteroatoms. The summed E-state index contributed by atoms with van der Waals surface area (Å²) in [5.74, 6) is 0.840. The Kier molecular flexibility index (Phi) is 4.93. The normalized spacial score (nSPS) is 19.1. The lowest BCUT2D eigenvalue weighted by atomic mass is 10.1. The van der Waals surface area contributed by atoms with Crippen LogP contribution in [0.15, 0.2) is 42.6 Å². The smallest absolute Gasteiger partial charge is 0.122 e. The average Bonchev–Trinajstić information content (AvgIpc) is 2.56. The van der Waals surface area contributed by atoms with E-state index in [4.69, 9.17) is 21.1 Å². The van der Waals surface area contributed by atoms with Crippen molar-refractivity contribution >= 4 is 11.6 Å². The molecule has 1 atom stereocenters. The van der Waals surface area contributed by atoms with Gasteiger partial charge in [-0.1, -0.05) is 23.7 Å². The minimum absolute atomic E-state index is 0.0802. The van der Waals surface area contributed by atoms with E-state index >= 15 is 0 Å². The number of methoxy groups -OCH3 is 1. The van der Waals surface area contributed by atoms with Gasteiger partial charge >= 0.3 is 0 Å². The van der Waals surface area contributed by atoms with Crippen molar-refractivity contribution in [1.82, 2.24) is 9.88 Å². The zero-order valence-corrected chi connectivity index (χ0v) is 13.3. The summed E-state index contributed by atoms with van der Waals surface area (Å²) >= 11 is 5.94. The molecule has 0 amide bonds. The maximum absolute atomic E-state index is 5.94. The minimum Gasteiger partial charge on any atom is -0.497 e. The SMILES string of the molecule is COc1ccnc(CN2CCO[C@@H](c3ccc(Cl)cc3)C2)c1. The van der Waals surface area contributed by atoms with Crippen LogP contribution in [0.4, 0.5) is 0 Å². The van der Waals surface area contributed by atoms with Gasteiger partial charge in [-0.05, 0) is 23.8 Å². The summed E-state index contributed by atoms with van der Waals surface area (Å²) in [6.45, 7) is 3.27. The van der Waals surface area contributed by atoms with Crippen LogP contribution < -0.4 is 4.74 Å². The van der Waals surface area contributed by atoms with E-state index in [2.05, 4.69) is 9.88 Å². The second-order valence-corrected chi connectivity index (χ2v) is 5.77. The Bertz CT molecular complexity index is 618. The first-order valence-corrected chi connectivity index (χ1v) is 7.71. The van der Waals surface area contributed by atoms with E-state index in [0.29, 0.717) is 0 Å². The third-order valence-corrected chi connectivity index (χ3v) is 4.05. The van der Waals surface area contributed by atoms with Crippen LogP contribution in [0.5, 0.6) is 5.75 Å². The molecule has 1 aliphatic heterocycles. The number of hydrogen-bond donors (Lipinski definition) is 0. The molecule has 0 saturated carbocycles. The van der Waals surface area contributed by atoms with Gasteiger partial charge in [-0.15, -0.1) is 0 Å². The fraction of sp³-hybridized carbons (Fsp3) is 0.353. The number of hydrogen-bond acceptors (Lipinski definition) is 4. The van der Waals surface area contributed by atoms with Gasteiger partial charge in [0.2, 0.25) is 0 Å². The van der Waals surface area contributed by atoms with Gasteiger partial charge in [0.05, 0.1) is 25.5 Å². The molecule has 2 heterocycles. The van der Waals surface area contributed by atoms with E-state index in [1.54, 1.807) is 13.3 Å². The number of aromatic nitrogens is 1. The summed E-state index contributed by atoms with van der Waals surface area (Å²) in [5, 5.41) is 0.747. The number of benzene rings is 1. The maximum Gasteiger partial charge on any atom is 0.122 e. The molecule has 1 aromatic carbocycles. The van der Waals surface area contributed by atoms with Crippen molar-refractivity contribution in [3.63, 3.8) is 0 Å². The van der Waals surface area contributed by atoms with E-state index in [-0.39, 0.29) is 6.10 Å². The highest BCUT2D eigenvalue weighted by Gasteiger charge is 2.22. The van der Waals surface area contributed by atoms with Gasteiger partial charge in [0.1, 0.15) is 5.75 Å². The zero-order valence-electron chi connectivity index (χ0n) is 12.5. The Morgan fingerprint density at radius 3 is 2.91 bits per heavy atom. The van der Waals surface area contributed by atoms with Crippen molar-refractivity contribution in [2.24, 2.45) is 0 Å². The van der Waals surface area contributed by atoms with Gasteiger partial charge in [0, 0.05) is 36.9 Å². The van der Waals surface area contributed by atoms with Crippen LogP contribution in [0.3, 0.4) is 0 Å². The molecule has 4 nitrogen and oxygen atoms in total. The highest BCUT2D eigenvalue weighted by molar-refractivity contribution is 6.30. The topological polar surface area (TPSA) is 34.6 Å². The minimum atomic E-state index is 0.0802. The molecular formula is C17H19ClN2O2. The lowest BCUT2D eigenvalue weighted by Gasteiger charge is -2.33. The summed E-state index contributed by atoms with van der Waals surface area (Å²) in [6.07, 6.45) is 1.86. The second kappa shape index (κ2) is 7.09. The zero-order chi connectivity index (χ0) is 15.4. The molecule has 22 heavy (non-hydrogen) atoms. The predicted octanol–water partition coefficient (Wildman–Crippen LogP) is 3.32. The molecule has 2 aromatic rings. The number of morpholine rings is 1. The first-order valence-electron chi connectivity index (χ1n) is 7.33. The molecule has 1 fully saturated rings. The maximum atomic E-state index is 5.94. The summed E-state index contributed by atoms with van der Waals surface area (Å²) < 4.78 is 11.1. The molecule has 0 aliphatic carbocycles. The largest absolute Gasteiger partial charge is 0.497 e. The van der Waals surface area contributed by atoms with Crippen LogP contribution in [0, 0.1) is 0 Å². The Balaban J connectivity index is 1.66. The summed E-state index contributed by atoms with van der Waals surface area (Å²) in [5.41, 5.74) is 2.17. The molecule has 0 N–H and O–H groups in total. The summed E-state index contributed by atoms with van der Waals surface area (Å²) in [4.78, 5) is 6.76. The number of halogens is 1. The van der Waals surface area contributed by atoms with Crippen LogP contribution >= 0.6 is 11.6 Å². The molecule has 0 bridgehead atoms. The molecular weight excluding hydrogens is 300 g/mol. The highest BCUT2D eigenvalue weighted by atomic mass is 35.5. The van der Waals surface area contributed by atoms with Crippen LogP contribution in [0.1, 0.15) is 17.4 Å². The van der Waals surface area contributed by atoms with Gasteiger partial charge < -0.3 is 9.47 Å². The third kappa shape index (κ3) is 3.77. The number of rotatable bonds is 4. The Morgan fingerprint density at radius 1 is 1.32 bits per heavy atom. The van der Waals surface area contributed by atoms with Crippen molar-refractivity contribution in [3.8, 4) is 5.75 Å². The fourth-order valence-corrected chi connectivity index (χ4v) is 2.75. The highest BCUT2D eigenvalue weighted by Crippen LogP contribution is 2.24. The monoisotopic (exact) mass is 318 g/mol. The number of nitrogens with zero attached hydrogens (tertiary/aromatic N) is 2. The lowest BCUT2D eigenvalue weighted by Crippen LogP contribution is -2.38. The van der Waals surface area contributed by atoms with E-state index in [9.17, 15) is 0 Å². The number of pyridine rings is 1. The molecule has 1 aliphatic rings. The van der Waals surface area contributed by atoms with E-state index < -0.39 is 0 Å². The van der Waals surface area contributed by atoms with Gasteiger partial charge in [0.15, 0.2) is 0 Å². The van der Waals surface area contributed by atoms with Crippen LogP contribution in [-0.2, 0) is 11.3 Å². The molecule has 0 radical (unpaired) electrons. The molecule has 0 unspecified atom stereocenters. The van der Waals surface area contributed by atoms with Crippen molar-refractivity contribution in [3.05, 3.63) is 58.9 Å². The number of ether oxygens (including phenoxy) is 2. The molecule has 1 aromatic heterocycles. The van der Waals surface area contributed by atoms with Gasteiger partial charge in [-0.25, -0.2) is 0 Å². The molecule has 116 valence electrons. The first-order chi connectivity index (χ1) is 10.7. The predicted molar refractivity (Wildman–Crippen MR) is 86.2 cm³/mol. The van der Waals surface area contributed by atoms with Crippen molar-refractivity contribution in [2.45, 2.75) is 12.6 Å². The first kappa shape index (κ1) is 15.3. The van der Waals surface area contributed by atoms with Crippen molar-refractivity contribution in [2.75, 3.05) is 26.8 Å². The quantitative estimate of drug-likeness (QED) is 0.866. The lowest BCUT2D eigenvalue weighted by molar-refractivity contribution is -0.0332. The van der Waals surface area contributed by atoms with E-state index in [0.717, 1.165) is 48.3 Å². The fourth-order valence-electron chi connectivity index (χ4n) is 2.62. The summed E-state index contributed by atoms with van der Waals surface area (Å²) in [7, 11) is 1.67. The van der Waals surface area contributed by atoms with Crippen LogP contribution in [0.2, 0.25) is 5.02 Å². The van der Waals surface area contributed by atoms with E-state index in [1.807, 2.05) is 36.4 Å².